The predicted molar refractivity (Wildman–Crippen MR) is 100 cm³/mol. The van der Waals surface area contributed by atoms with Crippen LogP contribution in [0.4, 0.5) is 11.4 Å². The molecular weight excluding hydrogens is 296 g/mol. The molecule has 3 nitrogen and oxygen atoms in total. The number of nitrogens with zero attached hydrogens (tertiary/aromatic N) is 1. The molecule has 0 spiro atoms. The van der Waals surface area contributed by atoms with Crippen LogP contribution >= 0.6 is 0 Å². The smallest absolute Gasteiger partial charge is 0.224 e. The fourth-order valence-corrected chi connectivity index (χ4v) is 4.33. The molecule has 0 saturated heterocycles. The lowest BCUT2D eigenvalue weighted by atomic mass is 9.65. The molecule has 0 bridgehead atoms. The van der Waals surface area contributed by atoms with E-state index in [4.69, 9.17) is 5.73 Å². The second-order valence-electron chi connectivity index (χ2n) is 7.82. The van der Waals surface area contributed by atoms with Crippen LogP contribution in [-0.4, -0.2) is 11.4 Å². The number of nitrogens with two attached hydrogens (primary N) is 1. The second kappa shape index (κ2) is 5.37. The number of anilines is 2. The van der Waals surface area contributed by atoms with Crippen molar-refractivity contribution in [1.82, 2.24) is 0 Å². The van der Waals surface area contributed by atoms with E-state index >= 15 is 0 Å². The van der Waals surface area contributed by atoms with Crippen LogP contribution in [0.1, 0.15) is 50.8 Å². The number of fused-ring (bicyclic) bond motifs is 1. The molecule has 2 aromatic carbocycles. The molecule has 1 unspecified atom stereocenters. The Balaban J connectivity index is 2.28. The quantitative estimate of drug-likeness (QED) is 0.790. The highest BCUT2D eigenvalue weighted by atomic mass is 16.2. The first-order chi connectivity index (χ1) is 11.1. The SMILES string of the molecule is CC(=O)N1c2ccc(N)cc2C(C)(c2ccc(C)cc2)CC1(C)C. The van der Waals surface area contributed by atoms with Crippen LogP contribution in [0.15, 0.2) is 42.5 Å². The van der Waals surface area contributed by atoms with Gasteiger partial charge in [-0.05, 0) is 56.5 Å². The lowest BCUT2D eigenvalue weighted by Gasteiger charge is -2.51. The molecule has 0 fully saturated rings. The van der Waals surface area contributed by atoms with Crippen LogP contribution in [0, 0.1) is 6.92 Å². The molecule has 126 valence electrons. The molecular formula is C21H26N2O. The van der Waals surface area contributed by atoms with Gasteiger partial charge in [-0.25, -0.2) is 0 Å². The third-order valence-electron chi connectivity index (χ3n) is 5.25. The first-order valence-corrected chi connectivity index (χ1v) is 8.43. The summed E-state index contributed by atoms with van der Waals surface area (Å²) in [6.45, 7) is 10.3. The van der Waals surface area contributed by atoms with E-state index in [2.05, 4.69) is 52.0 Å². The highest BCUT2D eigenvalue weighted by molar-refractivity contribution is 5.95. The van der Waals surface area contributed by atoms with Crippen LogP contribution in [-0.2, 0) is 10.2 Å². The van der Waals surface area contributed by atoms with E-state index < -0.39 is 0 Å². The van der Waals surface area contributed by atoms with Gasteiger partial charge >= 0.3 is 0 Å². The van der Waals surface area contributed by atoms with E-state index in [0.717, 1.165) is 23.4 Å². The summed E-state index contributed by atoms with van der Waals surface area (Å²) in [5.74, 6) is 0.0666. The maximum atomic E-state index is 12.3. The number of amides is 1. The second-order valence-corrected chi connectivity index (χ2v) is 7.82. The molecule has 1 amide bonds. The number of hydrogen-bond donors (Lipinski definition) is 1. The summed E-state index contributed by atoms with van der Waals surface area (Å²) in [5.41, 5.74) is 11.0. The van der Waals surface area contributed by atoms with Crippen LogP contribution in [0.25, 0.3) is 0 Å². The predicted octanol–water partition coefficient (Wildman–Crippen LogP) is 4.42. The Labute approximate surface area is 144 Å². The summed E-state index contributed by atoms with van der Waals surface area (Å²) in [6, 6.07) is 14.6. The van der Waals surface area contributed by atoms with Gasteiger partial charge in [-0.2, -0.15) is 0 Å². The van der Waals surface area contributed by atoms with E-state index in [1.165, 1.54) is 11.1 Å². The topological polar surface area (TPSA) is 46.3 Å². The molecule has 0 aromatic heterocycles. The highest BCUT2D eigenvalue weighted by Gasteiger charge is 2.47. The summed E-state index contributed by atoms with van der Waals surface area (Å²) in [6.07, 6.45) is 0.846. The Bertz CT molecular complexity index is 792. The molecule has 0 saturated carbocycles. The van der Waals surface area contributed by atoms with Crippen molar-refractivity contribution in [2.45, 2.75) is 52.0 Å². The number of carbonyl (C=O) groups excluding carboxylic acids is 1. The summed E-state index contributed by atoms with van der Waals surface area (Å²) >= 11 is 0. The zero-order valence-electron chi connectivity index (χ0n) is 15.2. The Morgan fingerprint density at radius 3 is 2.29 bits per heavy atom. The number of hydrogen-bond acceptors (Lipinski definition) is 2. The number of rotatable bonds is 1. The minimum atomic E-state index is -0.269. The summed E-state index contributed by atoms with van der Waals surface area (Å²) in [7, 11) is 0. The van der Waals surface area contributed by atoms with Gasteiger partial charge in [0.25, 0.3) is 0 Å². The van der Waals surface area contributed by atoms with Crippen LogP contribution in [0.2, 0.25) is 0 Å². The van der Waals surface area contributed by atoms with Crippen LogP contribution in [0.5, 0.6) is 0 Å². The lowest BCUT2D eigenvalue weighted by molar-refractivity contribution is -0.117. The Hall–Kier alpha value is -2.29. The number of carbonyl (C=O) groups is 1. The maximum absolute atomic E-state index is 12.3. The van der Waals surface area contributed by atoms with Crippen molar-refractivity contribution in [1.29, 1.82) is 0 Å². The number of aryl methyl sites for hydroxylation is 1. The number of benzene rings is 2. The van der Waals surface area contributed by atoms with Crippen LogP contribution in [0.3, 0.4) is 0 Å². The normalized spacial score (nSPS) is 22.1. The van der Waals surface area contributed by atoms with Crippen molar-refractivity contribution in [3.05, 3.63) is 59.2 Å². The lowest BCUT2D eigenvalue weighted by Crippen LogP contribution is -2.55. The van der Waals surface area contributed by atoms with Gasteiger partial charge in [0, 0.05) is 29.3 Å². The minimum absolute atomic E-state index is 0.0666. The molecule has 24 heavy (non-hydrogen) atoms. The van der Waals surface area contributed by atoms with E-state index in [9.17, 15) is 4.79 Å². The third kappa shape index (κ3) is 2.48. The molecule has 0 radical (unpaired) electrons. The standard InChI is InChI=1S/C21H26N2O/c1-14-6-8-16(9-7-14)21(5)13-20(3,4)23(15(2)24)19-11-10-17(22)12-18(19)21/h6-12H,13,22H2,1-5H3. The fraction of sp³-hybridized carbons (Fsp3) is 0.381. The summed E-state index contributed by atoms with van der Waals surface area (Å²) in [5, 5.41) is 0. The molecule has 1 aliphatic heterocycles. The zero-order valence-corrected chi connectivity index (χ0v) is 15.2. The molecule has 1 atom stereocenters. The number of nitrogen functional groups attached to an aromatic ring is 1. The zero-order chi connectivity index (χ0) is 17.7. The van der Waals surface area contributed by atoms with E-state index in [0.29, 0.717) is 0 Å². The van der Waals surface area contributed by atoms with Gasteiger partial charge in [-0.15, -0.1) is 0 Å². The van der Waals surface area contributed by atoms with Gasteiger partial charge in [-0.1, -0.05) is 36.8 Å². The van der Waals surface area contributed by atoms with Crippen molar-refractivity contribution in [2.75, 3.05) is 10.6 Å². The third-order valence-corrected chi connectivity index (χ3v) is 5.25. The molecule has 3 rings (SSSR count). The van der Waals surface area contributed by atoms with E-state index in [1.54, 1.807) is 6.92 Å². The largest absolute Gasteiger partial charge is 0.399 e. The van der Waals surface area contributed by atoms with Crippen molar-refractivity contribution in [3.8, 4) is 0 Å². The van der Waals surface area contributed by atoms with Crippen molar-refractivity contribution in [3.63, 3.8) is 0 Å². The summed E-state index contributed by atoms with van der Waals surface area (Å²) < 4.78 is 0. The fourth-order valence-electron chi connectivity index (χ4n) is 4.33. The minimum Gasteiger partial charge on any atom is -0.399 e. The van der Waals surface area contributed by atoms with Gasteiger partial charge in [0.2, 0.25) is 5.91 Å². The average Bonchev–Trinajstić information content (AvgIpc) is 2.47. The van der Waals surface area contributed by atoms with Gasteiger partial charge in [0.15, 0.2) is 0 Å². The Morgan fingerprint density at radius 2 is 1.71 bits per heavy atom. The summed E-state index contributed by atoms with van der Waals surface area (Å²) in [4.78, 5) is 14.3. The van der Waals surface area contributed by atoms with Gasteiger partial charge in [0.05, 0.1) is 0 Å². The maximum Gasteiger partial charge on any atom is 0.224 e. The molecule has 1 heterocycles. The van der Waals surface area contributed by atoms with Crippen molar-refractivity contribution < 1.29 is 4.79 Å². The highest BCUT2D eigenvalue weighted by Crippen LogP contribution is 2.50. The van der Waals surface area contributed by atoms with Gasteiger partial charge < -0.3 is 10.6 Å². The van der Waals surface area contributed by atoms with Crippen molar-refractivity contribution >= 4 is 17.3 Å². The Morgan fingerprint density at radius 1 is 1.08 bits per heavy atom. The van der Waals surface area contributed by atoms with E-state index in [1.807, 2.05) is 23.1 Å². The molecule has 2 N–H and O–H groups in total. The van der Waals surface area contributed by atoms with Crippen LogP contribution < -0.4 is 10.6 Å². The molecule has 2 aromatic rings. The average molecular weight is 322 g/mol. The Kier molecular flexibility index (Phi) is 3.71. The molecule has 1 aliphatic rings. The first kappa shape index (κ1) is 16.6. The van der Waals surface area contributed by atoms with Gasteiger partial charge in [0.1, 0.15) is 0 Å². The van der Waals surface area contributed by atoms with Crippen molar-refractivity contribution in [2.24, 2.45) is 0 Å². The monoisotopic (exact) mass is 322 g/mol. The van der Waals surface area contributed by atoms with Gasteiger partial charge in [-0.3, -0.25) is 4.79 Å². The van der Waals surface area contributed by atoms with E-state index in [-0.39, 0.29) is 16.9 Å². The molecule has 3 heteroatoms. The molecule has 0 aliphatic carbocycles. The first-order valence-electron chi connectivity index (χ1n) is 8.43.